The molecule has 0 radical (unpaired) electrons. The summed E-state index contributed by atoms with van der Waals surface area (Å²) < 4.78 is 5.28. The Morgan fingerprint density at radius 1 is 1.37 bits per heavy atom. The van der Waals surface area contributed by atoms with Gasteiger partial charge in [0.15, 0.2) is 0 Å². The molecule has 1 aliphatic rings. The molecular formula is C14H14N2O3. The van der Waals surface area contributed by atoms with E-state index in [4.69, 9.17) is 9.63 Å². The lowest BCUT2D eigenvalue weighted by Gasteiger charge is -1.96. The lowest BCUT2D eigenvalue weighted by atomic mass is 10.1. The fraction of sp³-hybridized carbons (Fsp3) is 0.357. The second kappa shape index (κ2) is 3.91. The maximum Gasteiger partial charge on any atom is 0.335 e. The Kier molecular flexibility index (Phi) is 2.45. The lowest BCUT2D eigenvalue weighted by Crippen LogP contribution is -1.95. The Hall–Kier alpha value is -2.17. The monoisotopic (exact) mass is 258 g/mol. The highest BCUT2D eigenvalue weighted by molar-refractivity contribution is 5.88. The van der Waals surface area contributed by atoms with Gasteiger partial charge in [-0.2, -0.15) is 4.98 Å². The number of aromatic nitrogens is 2. The number of nitrogens with zero attached hydrogens (tertiary/aromatic N) is 2. The zero-order chi connectivity index (χ0) is 13.6. The summed E-state index contributed by atoms with van der Waals surface area (Å²) in [5.41, 5.74) is 1.26. The fourth-order valence-corrected chi connectivity index (χ4v) is 2.14. The van der Waals surface area contributed by atoms with Crippen molar-refractivity contribution in [2.24, 2.45) is 5.41 Å². The number of rotatable bonds is 3. The van der Waals surface area contributed by atoms with E-state index in [-0.39, 0.29) is 11.0 Å². The molecule has 1 fully saturated rings. The van der Waals surface area contributed by atoms with Gasteiger partial charge in [-0.25, -0.2) is 4.79 Å². The molecule has 1 aromatic carbocycles. The Labute approximate surface area is 110 Å². The standard InChI is InChI=1S/C14H14N2O3/c1-14(2)7-10(14)12-15-11(16-19-12)8-3-5-9(6-4-8)13(17)18/h3-6,10H,7H2,1-2H3,(H,17,18). The van der Waals surface area contributed by atoms with Crippen molar-refractivity contribution < 1.29 is 14.4 Å². The van der Waals surface area contributed by atoms with Gasteiger partial charge in [0.05, 0.1) is 5.56 Å². The summed E-state index contributed by atoms with van der Waals surface area (Å²) in [7, 11) is 0. The predicted octanol–water partition coefficient (Wildman–Crippen LogP) is 2.95. The molecule has 3 rings (SSSR count). The van der Waals surface area contributed by atoms with Crippen molar-refractivity contribution in [3.63, 3.8) is 0 Å². The Morgan fingerprint density at radius 2 is 2.00 bits per heavy atom. The van der Waals surface area contributed by atoms with E-state index in [1.165, 1.54) is 12.1 Å². The first kappa shape index (κ1) is 11.9. The van der Waals surface area contributed by atoms with Gasteiger partial charge in [0.2, 0.25) is 11.7 Å². The van der Waals surface area contributed by atoms with Gasteiger partial charge in [-0.05, 0) is 24.0 Å². The third-order valence-electron chi connectivity index (χ3n) is 3.64. The molecule has 0 aliphatic heterocycles. The van der Waals surface area contributed by atoms with Crippen LogP contribution in [-0.4, -0.2) is 21.2 Å². The number of hydrogen-bond donors (Lipinski definition) is 1. The zero-order valence-corrected chi connectivity index (χ0v) is 10.8. The second-order valence-electron chi connectivity index (χ2n) is 5.58. The number of carboxylic acids is 1. The maximum atomic E-state index is 10.8. The molecule has 98 valence electrons. The van der Waals surface area contributed by atoms with Gasteiger partial charge in [0, 0.05) is 11.5 Å². The third kappa shape index (κ3) is 2.12. The van der Waals surface area contributed by atoms with E-state index < -0.39 is 5.97 Å². The van der Waals surface area contributed by atoms with Crippen LogP contribution in [-0.2, 0) is 0 Å². The molecule has 1 unspecified atom stereocenters. The van der Waals surface area contributed by atoms with Crippen LogP contribution in [0.5, 0.6) is 0 Å². The highest BCUT2D eigenvalue weighted by Crippen LogP contribution is 2.58. The molecule has 1 atom stereocenters. The Bertz CT molecular complexity index is 628. The van der Waals surface area contributed by atoms with Crippen LogP contribution in [0.2, 0.25) is 0 Å². The van der Waals surface area contributed by atoms with Gasteiger partial charge < -0.3 is 9.63 Å². The highest BCUT2D eigenvalue weighted by Gasteiger charge is 2.50. The third-order valence-corrected chi connectivity index (χ3v) is 3.64. The van der Waals surface area contributed by atoms with Gasteiger partial charge >= 0.3 is 5.97 Å². The average molecular weight is 258 g/mol. The molecule has 5 heteroatoms. The summed E-state index contributed by atoms with van der Waals surface area (Å²) in [4.78, 5) is 15.2. The number of carbonyl (C=O) groups is 1. The van der Waals surface area contributed by atoms with E-state index in [0.717, 1.165) is 12.0 Å². The summed E-state index contributed by atoms with van der Waals surface area (Å²) in [6.45, 7) is 4.34. The average Bonchev–Trinajstić information content (AvgIpc) is 2.82. The molecule has 2 aromatic rings. The van der Waals surface area contributed by atoms with Crippen LogP contribution >= 0.6 is 0 Å². The maximum absolute atomic E-state index is 10.8. The Balaban J connectivity index is 1.85. The van der Waals surface area contributed by atoms with E-state index >= 15 is 0 Å². The molecule has 5 nitrogen and oxygen atoms in total. The van der Waals surface area contributed by atoms with Crippen molar-refractivity contribution in [1.29, 1.82) is 0 Å². The second-order valence-corrected chi connectivity index (χ2v) is 5.58. The van der Waals surface area contributed by atoms with Crippen molar-refractivity contribution in [2.75, 3.05) is 0 Å². The first-order valence-corrected chi connectivity index (χ1v) is 6.15. The number of aromatic carboxylic acids is 1. The number of benzene rings is 1. The summed E-state index contributed by atoms with van der Waals surface area (Å²) >= 11 is 0. The Morgan fingerprint density at radius 3 is 2.53 bits per heavy atom. The van der Waals surface area contributed by atoms with Crippen LogP contribution in [0.1, 0.15) is 42.4 Å². The highest BCUT2D eigenvalue weighted by atomic mass is 16.5. The molecule has 0 bridgehead atoms. The van der Waals surface area contributed by atoms with Gasteiger partial charge in [-0.3, -0.25) is 0 Å². The lowest BCUT2D eigenvalue weighted by molar-refractivity contribution is 0.0697. The van der Waals surface area contributed by atoms with E-state index in [1.807, 2.05) is 0 Å². The molecule has 1 saturated carbocycles. The van der Waals surface area contributed by atoms with Crippen LogP contribution in [0.3, 0.4) is 0 Å². The smallest absolute Gasteiger partial charge is 0.335 e. The molecule has 1 aromatic heterocycles. The van der Waals surface area contributed by atoms with Crippen LogP contribution in [0, 0.1) is 5.41 Å². The van der Waals surface area contributed by atoms with E-state index in [1.54, 1.807) is 12.1 Å². The summed E-state index contributed by atoms with van der Waals surface area (Å²) in [5, 5.41) is 12.8. The predicted molar refractivity (Wildman–Crippen MR) is 67.8 cm³/mol. The zero-order valence-electron chi connectivity index (χ0n) is 10.8. The van der Waals surface area contributed by atoms with Crippen molar-refractivity contribution in [3.8, 4) is 11.4 Å². The van der Waals surface area contributed by atoms with Gasteiger partial charge in [0.1, 0.15) is 0 Å². The first-order valence-electron chi connectivity index (χ1n) is 6.15. The van der Waals surface area contributed by atoms with Crippen LogP contribution in [0.25, 0.3) is 11.4 Å². The normalized spacial score (nSPS) is 20.2. The van der Waals surface area contributed by atoms with Gasteiger partial charge in [0.25, 0.3) is 0 Å². The molecule has 0 spiro atoms. The molecule has 19 heavy (non-hydrogen) atoms. The quantitative estimate of drug-likeness (QED) is 0.915. The summed E-state index contributed by atoms with van der Waals surface area (Å²) in [6, 6.07) is 6.45. The van der Waals surface area contributed by atoms with Crippen molar-refractivity contribution in [3.05, 3.63) is 35.7 Å². The molecule has 0 amide bonds. The minimum Gasteiger partial charge on any atom is -0.478 e. The van der Waals surface area contributed by atoms with Crippen molar-refractivity contribution >= 4 is 5.97 Å². The minimum absolute atomic E-state index is 0.246. The van der Waals surface area contributed by atoms with E-state index in [9.17, 15) is 4.79 Å². The van der Waals surface area contributed by atoms with Gasteiger partial charge in [-0.15, -0.1) is 0 Å². The minimum atomic E-state index is -0.944. The van der Waals surface area contributed by atoms with Crippen LogP contribution < -0.4 is 0 Å². The van der Waals surface area contributed by atoms with Crippen molar-refractivity contribution in [1.82, 2.24) is 10.1 Å². The van der Waals surface area contributed by atoms with Crippen molar-refractivity contribution in [2.45, 2.75) is 26.2 Å². The molecule has 0 saturated heterocycles. The topological polar surface area (TPSA) is 76.2 Å². The first-order chi connectivity index (χ1) is 8.97. The van der Waals surface area contributed by atoms with Crippen LogP contribution in [0.4, 0.5) is 0 Å². The molecule has 1 heterocycles. The van der Waals surface area contributed by atoms with E-state index in [0.29, 0.717) is 17.6 Å². The van der Waals surface area contributed by atoms with Gasteiger partial charge in [-0.1, -0.05) is 31.1 Å². The largest absolute Gasteiger partial charge is 0.478 e. The molecular weight excluding hydrogens is 244 g/mol. The van der Waals surface area contributed by atoms with Crippen LogP contribution in [0.15, 0.2) is 28.8 Å². The number of carboxylic acid groups (broad SMARTS) is 1. The summed E-state index contributed by atoms with van der Waals surface area (Å²) in [6.07, 6.45) is 1.06. The summed E-state index contributed by atoms with van der Waals surface area (Å²) in [5.74, 6) is 0.573. The number of hydrogen-bond acceptors (Lipinski definition) is 4. The molecule has 1 N–H and O–H groups in total. The van der Waals surface area contributed by atoms with E-state index in [2.05, 4.69) is 24.0 Å². The SMILES string of the molecule is CC1(C)CC1c1nc(-c2ccc(C(=O)O)cc2)no1. The fourth-order valence-electron chi connectivity index (χ4n) is 2.14. The molecule has 1 aliphatic carbocycles.